The summed E-state index contributed by atoms with van der Waals surface area (Å²) in [7, 11) is 0. The molecule has 0 fully saturated rings. The summed E-state index contributed by atoms with van der Waals surface area (Å²) in [6.07, 6.45) is 5.18. The quantitative estimate of drug-likeness (QED) is 0.375. The van der Waals surface area contributed by atoms with Crippen molar-refractivity contribution in [1.29, 1.82) is 0 Å². The van der Waals surface area contributed by atoms with Crippen LogP contribution in [0, 0.1) is 33.1 Å². The number of nitrogens with zero attached hydrogens (tertiary/aromatic N) is 2. The number of aryl methyl sites for hydroxylation is 2. The van der Waals surface area contributed by atoms with Crippen molar-refractivity contribution < 1.29 is 0 Å². The zero-order valence-electron chi connectivity index (χ0n) is 10.9. The minimum absolute atomic E-state index is 0.407. The van der Waals surface area contributed by atoms with E-state index in [4.69, 9.17) is 6.42 Å². The van der Waals surface area contributed by atoms with E-state index >= 15 is 0 Å². The van der Waals surface area contributed by atoms with Gasteiger partial charge in [0.25, 0.3) is 0 Å². The van der Waals surface area contributed by atoms with E-state index in [-0.39, 0.29) is 0 Å². The van der Waals surface area contributed by atoms with Gasteiger partial charge < -0.3 is 5.32 Å². The lowest BCUT2D eigenvalue weighted by molar-refractivity contribution is 0.744. The van der Waals surface area contributed by atoms with Crippen LogP contribution in [-0.2, 0) is 0 Å². The fraction of sp³-hybridized carbons (Fsp3) is 0.538. The predicted molar refractivity (Wildman–Crippen MR) is 73.3 cm³/mol. The summed E-state index contributed by atoms with van der Waals surface area (Å²) in [5.74, 6) is 2.56. The van der Waals surface area contributed by atoms with E-state index < -0.39 is 0 Å². The number of hydrogen-bond acceptors (Lipinski definition) is 4. The summed E-state index contributed by atoms with van der Waals surface area (Å²) in [4.78, 5) is 8.97. The molecule has 4 heteroatoms. The molecule has 1 rings (SSSR count). The van der Waals surface area contributed by atoms with E-state index in [0.29, 0.717) is 11.8 Å². The van der Waals surface area contributed by atoms with E-state index in [1.165, 1.54) is 5.56 Å². The van der Waals surface area contributed by atoms with Gasteiger partial charge in [0, 0.05) is 23.2 Å². The molecule has 0 aliphatic carbocycles. The molecular weight excluding hydrogens is 230 g/mol. The van der Waals surface area contributed by atoms with Gasteiger partial charge >= 0.3 is 0 Å². The lowest BCUT2D eigenvalue weighted by Gasteiger charge is -2.12. The first-order valence-corrected chi connectivity index (χ1v) is 6.55. The topological polar surface area (TPSA) is 37.8 Å². The van der Waals surface area contributed by atoms with Gasteiger partial charge in [0.2, 0.25) is 0 Å². The lowest BCUT2D eigenvalue weighted by Crippen LogP contribution is -2.23. The van der Waals surface area contributed by atoms with E-state index in [9.17, 15) is 0 Å². The Bertz CT molecular complexity index is 400. The number of terminal acetylenes is 1. The zero-order chi connectivity index (χ0) is 12.8. The van der Waals surface area contributed by atoms with Crippen molar-refractivity contribution in [3.8, 4) is 12.3 Å². The van der Waals surface area contributed by atoms with Gasteiger partial charge in [-0.05, 0) is 26.3 Å². The Hall–Kier alpha value is -1.05. The Morgan fingerprint density at radius 1 is 1.29 bits per heavy atom. The summed E-state index contributed by atoms with van der Waals surface area (Å²) in [5, 5.41) is 4.44. The van der Waals surface area contributed by atoms with Gasteiger partial charge in [-0.25, -0.2) is 9.97 Å². The van der Waals surface area contributed by atoms with Crippen molar-refractivity contribution in [2.24, 2.45) is 0 Å². The minimum Gasteiger partial charge on any atom is -0.305 e. The molecule has 3 nitrogen and oxygen atoms in total. The van der Waals surface area contributed by atoms with E-state index in [0.717, 1.165) is 23.1 Å². The molecule has 0 aromatic carbocycles. The molecule has 0 aliphatic heterocycles. The molecule has 1 heterocycles. The molecular formula is C13H19N3S. The number of thioether (sulfide) groups is 1. The van der Waals surface area contributed by atoms with Crippen molar-refractivity contribution in [1.82, 2.24) is 15.3 Å². The molecule has 0 saturated carbocycles. The number of aromatic nitrogens is 2. The van der Waals surface area contributed by atoms with Crippen LogP contribution >= 0.6 is 11.8 Å². The molecule has 1 unspecified atom stereocenters. The Labute approximate surface area is 108 Å². The Balaban J connectivity index is 2.60. The van der Waals surface area contributed by atoms with Crippen LogP contribution in [0.1, 0.15) is 23.9 Å². The average Bonchev–Trinajstić information content (AvgIpc) is 2.26. The van der Waals surface area contributed by atoms with Gasteiger partial charge in [-0.1, -0.05) is 24.6 Å². The molecule has 0 spiro atoms. The van der Waals surface area contributed by atoms with Gasteiger partial charge in [-0.3, -0.25) is 0 Å². The van der Waals surface area contributed by atoms with E-state index in [1.807, 2.05) is 13.8 Å². The first kappa shape index (κ1) is 14.0. The molecule has 0 bridgehead atoms. The van der Waals surface area contributed by atoms with Crippen molar-refractivity contribution >= 4 is 11.8 Å². The summed E-state index contributed by atoms with van der Waals surface area (Å²) < 4.78 is 0. The molecule has 0 saturated heterocycles. The van der Waals surface area contributed by atoms with Crippen molar-refractivity contribution in [2.45, 2.75) is 38.1 Å². The van der Waals surface area contributed by atoms with Crippen LogP contribution in [0.2, 0.25) is 0 Å². The van der Waals surface area contributed by atoms with Crippen LogP contribution in [0.25, 0.3) is 0 Å². The van der Waals surface area contributed by atoms with E-state index in [1.54, 1.807) is 11.8 Å². The molecule has 1 N–H and O–H groups in total. The highest BCUT2D eigenvalue weighted by molar-refractivity contribution is 7.99. The van der Waals surface area contributed by atoms with Crippen molar-refractivity contribution in [3.05, 3.63) is 17.0 Å². The van der Waals surface area contributed by atoms with E-state index in [2.05, 4.69) is 35.1 Å². The fourth-order valence-electron chi connectivity index (χ4n) is 1.36. The van der Waals surface area contributed by atoms with Crippen LogP contribution in [0.4, 0.5) is 0 Å². The highest BCUT2D eigenvalue weighted by Gasteiger charge is 2.09. The molecule has 1 atom stereocenters. The van der Waals surface area contributed by atoms with Crippen LogP contribution in [0.15, 0.2) is 5.16 Å². The monoisotopic (exact) mass is 249 g/mol. The standard InChI is InChI=1S/C13H19N3S/c1-6-7-14-8-9(2)17-13-15-11(4)10(3)12(5)16-13/h1,9,14H,7-8H2,2-5H3. The molecule has 92 valence electrons. The van der Waals surface area contributed by atoms with Gasteiger partial charge in [0.1, 0.15) is 0 Å². The highest BCUT2D eigenvalue weighted by Crippen LogP contribution is 2.21. The van der Waals surface area contributed by atoms with Gasteiger partial charge in [-0.2, -0.15) is 0 Å². The summed E-state index contributed by atoms with van der Waals surface area (Å²) in [6.45, 7) is 9.71. The van der Waals surface area contributed by atoms with Gasteiger partial charge in [0.15, 0.2) is 5.16 Å². The second-order valence-corrected chi connectivity index (χ2v) is 5.47. The van der Waals surface area contributed by atoms with Crippen LogP contribution < -0.4 is 5.32 Å². The lowest BCUT2D eigenvalue weighted by atomic mass is 10.2. The third-order valence-corrected chi connectivity index (χ3v) is 3.54. The second kappa shape index (κ2) is 6.63. The van der Waals surface area contributed by atoms with Crippen molar-refractivity contribution in [3.63, 3.8) is 0 Å². The minimum atomic E-state index is 0.407. The average molecular weight is 249 g/mol. The molecule has 0 amide bonds. The maximum absolute atomic E-state index is 5.18. The zero-order valence-corrected chi connectivity index (χ0v) is 11.7. The Morgan fingerprint density at radius 2 is 1.88 bits per heavy atom. The SMILES string of the molecule is C#CCNCC(C)Sc1nc(C)c(C)c(C)n1. The third kappa shape index (κ3) is 4.37. The maximum atomic E-state index is 5.18. The predicted octanol–water partition coefficient (Wildman–Crippen LogP) is 2.11. The number of hydrogen-bond donors (Lipinski definition) is 1. The maximum Gasteiger partial charge on any atom is 0.188 e. The van der Waals surface area contributed by atoms with Crippen LogP contribution in [-0.4, -0.2) is 28.3 Å². The molecule has 1 aromatic heterocycles. The molecule has 0 aliphatic rings. The van der Waals surface area contributed by atoms with Crippen LogP contribution in [0.5, 0.6) is 0 Å². The van der Waals surface area contributed by atoms with Gasteiger partial charge in [0.05, 0.1) is 6.54 Å². The largest absolute Gasteiger partial charge is 0.305 e. The van der Waals surface area contributed by atoms with Crippen LogP contribution in [0.3, 0.4) is 0 Å². The second-order valence-electron chi connectivity index (χ2n) is 4.07. The first-order valence-electron chi connectivity index (χ1n) is 5.67. The fourth-order valence-corrected chi connectivity index (χ4v) is 2.30. The highest BCUT2D eigenvalue weighted by atomic mass is 32.2. The smallest absolute Gasteiger partial charge is 0.188 e. The summed E-state index contributed by atoms with van der Waals surface area (Å²) >= 11 is 1.68. The van der Waals surface area contributed by atoms with Crippen molar-refractivity contribution in [2.75, 3.05) is 13.1 Å². The summed E-state index contributed by atoms with van der Waals surface area (Å²) in [5.41, 5.74) is 3.29. The third-order valence-electron chi connectivity index (χ3n) is 2.58. The first-order chi connectivity index (χ1) is 8.04. The van der Waals surface area contributed by atoms with Gasteiger partial charge in [-0.15, -0.1) is 6.42 Å². The molecule has 1 aromatic rings. The molecule has 0 radical (unpaired) electrons. The summed E-state index contributed by atoms with van der Waals surface area (Å²) in [6, 6.07) is 0. The number of rotatable bonds is 5. The Kier molecular flexibility index (Phi) is 5.46. The number of nitrogens with one attached hydrogen (secondary N) is 1. The molecule has 17 heavy (non-hydrogen) atoms. The Morgan fingerprint density at radius 3 is 2.41 bits per heavy atom. The normalized spacial score (nSPS) is 12.2.